The SMILES string of the molecule is CCNC(=NCc1csc(-c2ccccc2)n1)NC1CCS(=O)(=O)C1.I. The van der Waals surface area contributed by atoms with Gasteiger partial charge in [-0.2, -0.15) is 0 Å². The molecule has 1 unspecified atom stereocenters. The third-order valence-electron chi connectivity index (χ3n) is 3.89. The zero-order valence-corrected chi connectivity index (χ0v) is 18.5. The first kappa shape index (κ1) is 21.1. The highest BCUT2D eigenvalue weighted by Gasteiger charge is 2.28. The quantitative estimate of drug-likeness (QED) is 0.370. The predicted octanol–water partition coefficient (Wildman–Crippen LogP) is 2.67. The average molecular weight is 506 g/mol. The summed E-state index contributed by atoms with van der Waals surface area (Å²) in [7, 11) is -2.91. The third-order valence-corrected chi connectivity index (χ3v) is 6.60. The van der Waals surface area contributed by atoms with E-state index in [1.165, 1.54) is 0 Å². The molecule has 0 amide bonds. The lowest BCUT2D eigenvalue weighted by molar-refractivity contribution is 0.599. The number of aromatic nitrogens is 1. The summed E-state index contributed by atoms with van der Waals surface area (Å²) in [6.07, 6.45) is 0.627. The van der Waals surface area contributed by atoms with E-state index in [4.69, 9.17) is 0 Å². The highest BCUT2D eigenvalue weighted by molar-refractivity contribution is 14.0. The first-order chi connectivity index (χ1) is 12.1. The molecule has 1 saturated heterocycles. The van der Waals surface area contributed by atoms with Crippen molar-refractivity contribution in [2.24, 2.45) is 4.99 Å². The topological polar surface area (TPSA) is 83.4 Å². The molecule has 3 rings (SSSR count). The summed E-state index contributed by atoms with van der Waals surface area (Å²) in [4.78, 5) is 9.17. The molecule has 0 bridgehead atoms. The molecule has 0 aliphatic carbocycles. The lowest BCUT2D eigenvalue weighted by atomic mass is 10.2. The maximum atomic E-state index is 11.6. The van der Waals surface area contributed by atoms with Crippen molar-refractivity contribution < 1.29 is 8.42 Å². The smallest absolute Gasteiger partial charge is 0.191 e. The van der Waals surface area contributed by atoms with E-state index in [0.29, 0.717) is 18.9 Å². The van der Waals surface area contributed by atoms with Gasteiger partial charge in [0.25, 0.3) is 0 Å². The predicted molar refractivity (Wildman–Crippen MR) is 118 cm³/mol. The van der Waals surface area contributed by atoms with E-state index in [0.717, 1.165) is 22.8 Å². The molecule has 1 aromatic heterocycles. The minimum absolute atomic E-state index is 0. The Labute approximate surface area is 175 Å². The molecule has 142 valence electrons. The van der Waals surface area contributed by atoms with Crippen LogP contribution in [0.5, 0.6) is 0 Å². The first-order valence-corrected chi connectivity index (χ1v) is 11.0. The number of nitrogens with one attached hydrogen (secondary N) is 2. The monoisotopic (exact) mass is 506 g/mol. The van der Waals surface area contributed by atoms with Crippen LogP contribution in [0.3, 0.4) is 0 Å². The van der Waals surface area contributed by atoms with E-state index in [9.17, 15) is 8.42 Å². The number of guanidine groups is 1. The average Bonchev–Trinajstić information content (AvgIpc) is 3.20. The molecular formula is C17H23IN4O2S2. The number of nitrogens with zero attached hydrogens (tertiary/aromatic N) is 2. The zero-order chi connectivity index (χ0) is 17.7. The summed E-state index contributed by atoms with van der Waals surface area (Å²) >= 11 is 1.60. The number of sulfone groups is 1. The van der Waals surface area contributed by atoms with Gasteiger partial charge in [0.05, 0.1) is 23.7 Å². The lowest BCUT2D eigenvalue weighted by Gasteiger charge is -2.15. The Bertz CT molecular complexity index is 837. The zero-order valence-electron chi connectivity index (χ0n) is 14.5. The number of thiazole rings is 1. The van der Waals surface area contributed by atoms with Crippen LogP contribution in [0.2, 0.25) is 0 Å². The van der Waals surface area contributed by atoms with Gasteiger partial charge in [-0.3, -0.25) is 0 Å². The lowest BCUT2D eigenvalue weighted by Crippen LogP contribution is -2.44. The van der Waals surface area contributed by atoms with Gasteiger partial charge in [-0.15, -0.1) is 35.3 Å². The highest BCUT2D eigenvalue weighted by Crippen LogP contribution is 2.23. The largest absolute Gasteiger partial charge is 0.357 e. The molecule has 0 radical (unpaired) electrons. The van der Waals surface area contributed by atoms with Gasteiger partial charge in [0.2, 0.25) is 0 Å². The van der Waals surface area contributed by atoms with E-state index in [1.54, 1.807) is 11.3 Å². The van der Waals surface area contributed by atoms with Crippen molar-refractivity contribution >= 4 is 51.1 Å². The molecule has 2 N–H and O–H groups in total. The molecule has 9 heteroatoms. The maximum absolute atomic E-state index is 11.6. The van der Waals surface area contributed by atoms with Gasteiger partial charge < -0.3 is 10.6 Å². The van der Waals surface area contributed by atoms with Crippen molar-refractivity contribution in [1.82, 2.24) is 15.6 Å². The molecule has 1 aromatic carbocycles. The molecule has 1 atom stereocenters. The fourth-order valence-corrected chi connectivity index (χ4v) is 5.17. The molecule has 2 heterocycles. The maximum Gasteiger partial charge on any atom is 0.191 e. The number of hydrogen-bond donors (Lipinski definition) is 2. The van der Waals surface area contributed by atoms with E-state index < -0.39 is 9.84 Å². The van der Waals surface area contributed by atoms with Gasteiger partial charge in [-0.1, -0.05) is 30.3 Å². The normalized spacial score (nSPS) is 19.0. The summed E-state index contributed by atoms with van der Waals surface area (Å²) in [6, 6.07) is 9.99. The summed E-state index contributed by atoms with van der Waals surface area (Å²) in [5.74, 6) is 1.06. The van der Waals surface area contributed by atoms with Crippen molar-refractivity contribution in [1.29, 1.82) is 0 Å². The summed E-state index contributed by atoms with van der Waals surface area (Å²) in [5.41, 5.74) is 2.00. The number of halogens is 1. The van der Waals surface area contributed by atoms with Crippen LogP contribution in [0.1, 0.15) is 19.0 Å². The second kappa shape index (κ2) is 9.65. The Morgan fingerprint density at radius 3 is 2.77 bits per heavy atom. The van der Waals surface area contributed by atoms with Crippen molar-refractivity contribution in [3.05, 3.63) is 41.4 Å². The van der Waals surface area contributed by atoms with Crippen LogP contribution in [-0.4, -0.2) is 43.5 Å². The van der Waals surface area contributed by atoms with E-state index >= 15 is 0 Å². The minimum Gasteiger partial charge on any atom is -0.357 e. The van der Waals surface area contributed by atoms with Crippen LogP contribution in [0, 0.1) is 0 Å². The number of hydrogen-bond acceptors (Lipinski definition) is 5. The van der Waals surface area contributed by atoms with Crippen LogP contribution in [-0.2, 0) is 16.4 Å². The summed E-state index contributed by atoms with van der Waals surface area (Å²) < 4.78 is 23.2. The second-order valence-corrected chi connectivity index (χ2v) is 9.04. The van der Waals surface area contributed by atoms with Crippen molar-refractivity contribution in [2.45, 2.75) is 25.9 Å². The van der Waals surface area contributed by atoms with Gasteiger partial charge in [0, 0.05) is 23.5 Å². The Morgan fingerprint density at radius 2 is 2.12 bits per heavy atom. The van der Waals surface area contributed by atoms with Crippen molar-refractivity contribution in [3.63, 3.8) is 0 Å². The fraction of sp³-hybridized carbons (Fsp3) is 0.412. The highest BCUT2D eigenvalue weighted by atomic mass is 127. The molecule has 2 aromatic rings. The van der Waals surface area contributed by atoms with E-state index in [1.807, 2.05) is 42.6 Å². The van der Waals surface area contributed by atoms with Gasteiger partial charge in [-0.05, 0) is 13.3 Å². The molecule has 0 spiro atoms. The molecular weight excluding hydrogens is 483 g/mol. The molecule has 26 heavy (non-hydrogen) atoms. The Hall–Kier alpha value is -1.20. The van der Waals surface area contributed by atoms with Crippen LogP contribution < -0.4 is 10.6 Å². The number of rotatable bonds is 5. The Morgan fingerprint density at radius 1 is 1.35 bits per heavy atom. The van der Waals surface area contributed by atoms with Crippen LogP contribution in [0.15, 0.2) is 40.7 Å². The minimum atomic E-state index is -2.91. The van der Waals surface area contributed by atoms with Gasteiger partial charge in [-0.25, -0.2) is 18.4 Å². The first-order valence-electron chi connectivity index (χ1n) is 8.31. The standard InChI is InChI=1S/C17H22N4O2S2.HI/c1-2-18-17(21-14-8-9-25(22,23)12-14)19-10-15-11-24-16(20-15)13-6-4-3-5-7-13;/h3-7,11,14H,2,8-10,12H2,1H3,(H2,18,19,21);1H. The molecule has 1 aliphatic rings. The Balaban J connectivity index is 0.00000243. The summed E-state index contributed by atoms with van der Waals surface area (Å²) in [5, 5.41) is 9.37. The van der Waals surface area contributed by atoms with Crippen molar-refractivity contribution in [2.75, 3.05) is 18.1 Å². The van der Waals surface area contributed by atoms with Crippen LogP contribution in [0.25, 0.3) is 10.6 Å². The second-order valence-electron chi connectivity index (χ2n) is 5.95. The number of benzene rings is 1. The van der Waals surface area contributed by atoms with E-state index in [2.05, 4.69) is 20.6 Å². The molecule has 0 saturated carbocycles. The van der Waals surface area contributed by atoms with Gasteiger partial charge in [0.1, 0.15) is 5.01 Å². The van der Waals surface area contributed by atoms with Crippen LogP contribution in [0.4, 0.5) is 0 Å². The molecule has 1 fully saturated rings. The van der Waals surface area contributed by atoms with Crippen LogP contribution >= 0.6 is 35.3 Å². The van der Waals surface area contributed by atoms with Gasteiger partial charge in [0.15, 0.2) is 15.8 Å². The molecule has 6 nitrogen and oxygen atoms in total. The van der Waals surface area contributed by atoms with E-state index in [-0.39, 0.29) is 41.5 Å². The molecule has 1 aliphatic heterocycles. The third kappa shape index (κ3) is 5.92. The summed E-state index contributed by atoms with van der Waals surface area (Å²) in [6.45, 7) is 3.16. The number of aliphatic imine (C=N–C) groups is 1. The fourth-order valence-electron chi connectivity index (χ4n) is 2.68. The Kier molecular flexibility index (Phi) is 7.84. The van der Waals surface area contributed by atoms with Crippen molar-refractivity contribution in [3.8, 4) is 10.6 Å². The van der Waals surface area contributed by atoms with Gasteiger partial charge >= 0.3 is 0 Å².